The number of nitrogens with zero attached hydrogens (tertiary/aromatic N) is 2. The van der Waals surface area contributed by atoms with Crippen LogP contribution in [0.1, 0.15) is 50.2 Å². The van der Waals surface area contributed by atoms with E-state index >= 15 is 0 Å². The second-order valence-corrected chi connectivity index (χ2v) is 6.80. The Labute approximate surface area is 175 Å². The zero-order valence-electron chi connectivity index (χ0n) is 16.3. The Morgan fingerprint density at radius 2 is 2.00 bits per heavy atom. The fourth-order valence-electron chi connectivity index (χ4n) is 3.06. The SMILES string of the molecule is CCNC(=NCC(C)c1cccc(C)c1)NCCC(=O)N1CCCC1.I. The van der Waals surface area contributed by atoms with Crippen LogP contribution < -0.4 is 10.6 Å². The van der Waals surface area contributed by atoms with Gasteiger partial charge in [0.05, 0.1) is 0 Å². The van der Waals surface area contributed by atoms with E-state index in [1.807, 2.05) is 4.90 Å². The predicted molar refractivity (Wildman–Crippen MR) is 119 cm³/mol. The molecule has 0 radical (unpaired) electrons. The highest BCUT2D eigenvalue weighted by Gasteiger charge is 2.17. The van der Waals surface area contributed by atoms with Crippen LogP contribution >= 0.6 is 24.0 Å². The molecule has 2 rings (SSSR count). The van der Waals surface area contributed by atoms with Gasteiger partial charge in [-0.1, -0.05) is 36.8 Å². The van der Waals surface area contributed by atoms with E-state index in [2.05, 4.69) is 60.7 Å². The first kappa shape index (κ1) is 22.7. The molecule has 0 aliphatic carbocycles. The Morgan fingerprint density at radius 1 is 1.27 bits per heavy atom. The third-order valence-electron chi connectivity index (χ3n) is 4.57. The van der Waals surface area contributed by atoms with Gasteiger partial charge in [0.25, 0.3) is 0 Å². The van der Waals surface area contributed by atoms with Crippen molar-refractivity contribution in [3.8, 4) is 0 Å². The fourth-order valence-corrected chi connectivity index (χ4v) is 3.06. The highest BCUT2D eigenvalue weighted by molar-refractivity contribution is 14.0. The van der Waals surface area contributed by atoms with Gasteiger partial charge in [-0.05, 0) is 32.3 Å². The molecule has 1 aromatic rings. The van der Waals surface area contributed by atoms with Crippen molar-refractivity contribution >= 4 is 35.8 Å². The normalized spacial score (nSPS) is 15.3. The number of aliphatic imine (C=N–C) groups is 1. The summed E-state index contributed by atoms with van der Waals surface area (Å²) in [5, 5.41) is 6.54. The van der Waals surface area contributed by atoms with E-state index in [9.17, 15) is 4.79 Å². The molecular weight excluding hydrogens is 439 g/mol. The Balaban J connectivity index is 0.00000338. The van der Waals surface area contributed by atoms with E-state index < -0.39 is 0 Å². The van der Waals surface area contributed by atoms with Crippen LogP contribution in [0, 0.1) is 6.92 Å². The molecule has 26 heavy (non-hydrogen) atoms. The number of rotatable bonds is 7. The van der Waals surface area contributed by atoms with Gasteiger partial charge in [-0.3, -0.25) is 9.79 Å². The van der Waals surface area contributed by atoms with Crippen molar-refractivity contribution in [3.05, 3.63) is 35.4 Å². The summed E-state index contributed by atoms with van der Waals surface area (Å²) in [5.74, 6) is 1.40. The van der Waals surface area contributed by atoms with Crippen molar-refractivity contribution in [1.29, 1.82) is 0 Å². The maximum absolute atomic E-state index is 12.1. The van der Waals surface area contributed by atoms with Crippen molar-refractivity contribution in [1.82, 2.24) is 15.5 Å². The van der Waals surface area contributed by atoms with E-state index in [1.54, 1.807) is 0 Å². The second kappa shape index (κ2) is 12.1. The van der Waals surface area contributed by atoms with Crippen molar-refractivity contribution in [2.24, 2.45) is 4.99 Å². The average molecular weight is 472 g/mol. The fraction of sp³-hybridized carbons (Fsp3) is 0.600. The molecule has 6 heteroatoms. The minimum Gasteiger partial charge on any atom is -0.357 e. The van der Waals surface area contributed by atoms with Crippen LogP contribution in [0.15, 0.2) is 29.3 Å². The molecule has 0 aromatic heterocycles. The van der Waals surface area contributed by atoms with Crippen molar-refractivity contribution in [2.75, 3.05) is 32.7 Å². The van der Waals surface area contributed by atoms with Gasteiger partial charge in [-0.25, -0.2) is 0 Å². The molecular formula is C20H33IN4O. The molecule has 1 amide bonds. The molecule has 1 aliphatic heterocycles. The largest absolute Gasteiger partial charge is 0.357 e. The monoisotopic (exact) mass is 472 g/mol. The quantitative estimate of drug-likeness (QED) is 0.364. The number of likely N-dealkylation sites (tertiary alicyclic amines) is 1. The third kappa shape index (κ3) is 7.51. The molecule has 1 atom stereocenters. The summed E-state index contributed by atoms with van der Waals surface area (Å²) in [7, 11) is 0. The summed E-state index contributed by atoms with van der Waals surface area (Å²) in [6.45, 7) is 10.4. The lowest BCUT2D eigenvalue weighted by Gasteiger charge is -2.17. The molecule has 0 saturated carbocycles. The highest BCUT2D eigenvalue weighted by Crippen LogP contribution is 2.16. The number of carbonyl (C=O) groups excluding carboxylic acids is 1. The smallest absolute Gasteiger partial charge is 0.224 e. The molecule has 0 bridgehead atoms. The molecule has 1 fully saturated rings. The van der Waals surface area contributed by atoms with Crippen LogP contribution in [0.3, 0.4) is 0 Å². The van der Waals surface area contributed by atoms with Gasteiger partial charge < -0.3 is 15.5 Å². The van der Waals surface area contributed by atoms with Gasteiger partial charge in [-0.15, -0.1) is 24.0 Å². The Kier molecular flexibility index (Phi) is 10.6. The standard InChI is InChI=1S/C20H32N4O.HI/c1-4-21-20(22-11-10-19(25)24-12-5-6-13-24)23-15-17(3)18-9-7-8-16(2)14-18;/h7-9,14,17H,4-6,10-13,15H2,1-3H3,(H2,21,22,23);1H. The number of aryl methyl sites for hydroxylation is 1. The summed E-state index contributed by atoms with van der Waals surface area (Å²) in [6, 6.07) is 8.58. The first-order valence-corrected chi connectivity index (χ1v) is 9.46. The minimum atomic E-state index is 0. The van der Waals surface area contributed by atoms with Crippen LogP contribution in [0.25, 0.3) is 0 Å². The summed E-state index contributed by atoms with van der Waals surface area (Å²) < 4.78 is 0. The predicted octanol–water partition coefficient (Wildman–Crippen LogP) is 3.28. The van der Waals surface area contributed by atoms with Crippen LogP contribution in [0.2, 0.25) is 0 Å². The van der Waals surface area contributed by atoms with E-state index in [1.165, 1.54) is 11.1 Å². The lowest BCUT2D eigenvalue weighted by Crippen LogP contribution is -2.40. The number of halogens is 1. The van der Waals surface area contributed by atoms with Gasteiger partial charge in [0, 0.05) is 45.1 Å². The van der Waals surface area contributed by atoms with Crippen molar-refractivity contribution in [2.45, 2.75) is 46.0 Å². The van der Waals surface area contributed by atoms with Gasteiger partial charge in [0.2, 0.25) is 5.91 Å². The molecule has 146 valence electrons. The average Bonchev–Trinajstić information content (AvgIpc) is 3.14. The van der Waals surface area contributed by atoms with E-state index in [0.29, 0.717) is 18.9 Å². The molecule has 2 N–H and O–H groups in total. The molecule has 1 aromatic carbocycles. The molecule has 1 heterocycles. The van der Waals surface area contributed by atoms with Crippen molar-refractivity contribution < 1.29 is 4.79 Å². The minimum absolute atomic E-state index is 0. The molecule has 1 unspecified atom stereocenters. The van der Waals surface area contributed by atoms with E-state index in [4.69, 9.17) is 0 Å². The lowest BCUT2D eigenvalue weighted by atomic mass is 10.00. The van der Waals surface area contributed by atoms with Crippen molar-refractivity contribution in [3.63, 3.8) is 0 Å². The summed E-state index contributed by atoms with van der Waals surface area (Å²) in [4.78, 5) is 18.7. The number of carbonyl (C=O) groups is 1. The molecule has 5 nitrogen and oxygen atoms in total. The van der Waals surface area contributed by atoms with Gasteiger partial charge in [0.1, 0.15) is 0 Å². The van der Waals surface area contributed by atoms with E-state index in [0.717, 1.165) is 45.0 Å². The first-order valence-electron chi connectivity index (χ1n) is 9.46. The van der Waals surface area contributed by atoms with Crippen LogP contribution in [0.4, 0.5) is 0 Å². The first-order chi connectivity index (χ1) is 12.1. The summed E-state index contributed by atoms with van der Waals surface area (Å²) >= 11 is 0. The summed E-state index contributed by atoms with van der Waals surface area (Å²) in [6.07, 6.45) is 2.80. The summed E-state index contributed by atoms with van der Waals surface area (Å²) in [5.41, 5.74) is 2.59. The molecule has 1 aliphatic rings. The van der Waals surface area contributed by atoms with E-state index in [-0.39, 0.29) is 29.9 Å². The maximum atomic E-state index is 12.1. The second-order valence-electron chi connectivity index (χ2n) is 6.80. The Hall–Kier alpha value is -1.31. The zero-order chi connectivity index (χ0) is 18.1. The Bertz CT molecular complexity index is 585. The number of benzene rings is 1. The van der Waals surface area contributed by atoms with Gasteiger partial charge >= 0.3 is 0 Å². The van der Waals surface area contributed by atoms with Gasteiger partial charge in [0.15, 0.2) is 5.96 Å². The molecule has 1 saturated heterocycles. The zero-order valence-corrected chi connectivity index (χ0v) is 18.6. The number of hydrogen-bond acceptors (Lipinski definition) is 2. The van der Waals surface area contributed by atoms with Crippen LogP contribution in [-0.2, 0) is 4.79 Å². The number of amides is 1. The number of hydrogen-bond donors (Lipinski definition) is 2. The third-order valence-corrected chi connectivity index (χ3v) is 4.57. The molecule has 0 spiro atoms. The highest BCUT2D eigenvalue weighted by atomic mass is 127. The van der Waals surface area contributed by atoms with Crippen LogP contribution in [-0.4, -0.2) is 49.5 Å². The topological polar surface area (TPSA) is 56.7 Å². The number of nitrogens with one attached hydrogen (secondary N) is 2. The Morgan fingerprint density at radius 3 is 2.65 bits per heavy atom. The lowest BCUT2D eigenvalue weighted by molar-refractivity contribution is -0.129. The maximum Gasteiger partial charge on any atom is 0.224 e. The van der Waals surface area contributed by atoms with Gasteiger partial charge in [-0.2, -0.15) is 0 Å². The van der Waals surface area contributed by atoms with Crippen LogP contribution in [0.5, 0.6) is 0 Å². The number of guanidine groups is 1.